The van der Waals surface area contributed by atoms with Gasteiger partial charge in [0, 0.05) is 17.5 Å². The highest BCUT2D eigenvalue weighted by molar-refractivity contribution is 7.92. The van der Waals surface area contributed by atoms with E-state index in [4.69, 9.17) is 9.52 Å². The summed E-state index contributed by atoms with van der Waals surface area (Å²) in [6, 6.07) is 4.53. The summed E-state index contributed by atoms with van der Waals surface area (Å²) in [5, 5.41) is 8.82. The fourth-order valence-electron chi connectivity index (χ4n) is 1.82. The second kappa shape index (κ2) is 4.71. The second-order valence-electron chi connectivity index (χ2n) is 4.38. The van der Waals surface area contributed by atoms with Crippen molar-refractivity contribution in [3.63, 3.8) is 0 Å². The summed E-state index contributed by atoms with van der Waals surface area (Å²) < 4.78 is 30.9. The van der Waals surface area contributed by atoms with E-state index in [2.05, 4.69) is 4.83 Å². The molecular weight excluding hydrogens is 284 g/mol. The average molecular weight is 298 g/mol. The third-order valence-corrected chi connectivity index (χ3v) is 4.26. The molecule has 0 fully saturated rings. The molecule has 0 aliphatic heterocycles. The Labute approximate surface area is 115 Å². The van der Waals surface area contributed by atoms with E-state index < -0.39 is 21.8 Å². The van der Waals surface area contributed by atoms with Crippen LogP contribution in [0.15, 0.2) is 27.5 Å². The third-order valence-electron chi connectivity index (χ3n) is 2.86. The van der Waals surface area contributed by atoms with Crippen LogP contribution in [0.2, 0.25) is 0 Å². The molecule has 0 spiro atoms. The van der Waals surface area contributed by atoms with Crippen LogP contribution < -0.4 is 4.83 Å². The van der Waals surface area contributed by atoms with E-state index in [1.165, 1.54) is 11.6 Å². The van der Waals surface area contributed by atoms with E-state index in [9.17, 15) is 13.2 Å². The number of carbonyl (C=O) groups is 1. The Morgan fingerprint density at radius 3 is 2.25 bits per heavy atom. The van der Waals surface area contributed by atoms with Gasteiger partial charge in [-0.25, -0.2) is 9.63 Å². The molecule has 2 N–H and O–H groups in total. The highest BCUT2D eigenvalue weighted by atomic mass is 32.2. The first-order chi connectivity index (χ1) is 9.22. The summed E-state index contributed by atoms with van der Waals surface area (Å²) in [7, 11) is -3.92. The molecule has 0 aromatic carbocycles. The summed E-state index contributed by atoms with van der Waals surface area (Å²) in [5.74, 6) is -1.70. The van der Waals surface area contributed by atoms with Crippen molar-refractivity contribution in [1.29, 1.82) is 0 Å². The van der Waals surface area contributed by atoms with Crippen LogP contribution in [0.3, 0.4) is 0 Å². The maximum Gasteiger partial charge on any atom is 0.371 e. The number of furan rings is 1. The van der Waals surface area contributed by atoms with Gasteiger partial charge in [-0.1, -0.05) is 0 Å². The zero-order valence-electron chi connectivity index (χ0n) is 11.2. The van der Waals surface area contributed by atoms with Crippen LogP contribution in [0.25, 0.3) is 0 Å². The topological polar surface area (TPSA) is 102 Å². The van der Waals surface area contributed by atoms with Crippen LogP contribution in [0, 0.1) is 20.8 Å². The van der Waals surface area contributed by atoms with Gasteiger partial charge in [0.2, 0.25) is 5.76 Å². The van der Waals surface area contributed by atoms with Gasteiger partial charge in [-0.2, -0.15) is 8.42 Å². The smallest absolute Gasteiger partial charge is 0.371 e. The van der Waals surface area contributed by atoms with Gasteiger partial charge in [0.25, 0.3) is 10.0 Å². The molecule has 0 radical (unpaired) electrons. The first kappa shape index (κ1) is 14.2. The standard InChI is InChI=1S/C12H14N2O5S/c1-7-4-5-8(2)14(7)13-20(17,18)11-6-10(12(15)16)19-9(11)3/h4-6,13H,1-3H3,(H,15,16). The maximum atomic E-state index is 12.3. The number of hydrogen-bond acceptors (Lipinski definition) is 4. The van der Waals surface area contributed by atoms with Gasteiger partial charge in [-0.15, -0.1) is 0 Å². The number of aryl methyl sites for hydroxylation is 3. The predicted molar refractivity (Wildman–Crippen MR) is 70.9 cm³/mol. The summed E-state index contributed by atoms with van der Waals surface area (Å²) >= 11 is 0. The van der Waals surface area contributed by atoms with Gasteiger partial charge in [0.15, 0.2) is 0 Å². The molecule has 108 valence electrons. The minimum absolute atomic E-state index is 0.0253. The SMILES string of the molecule is Cc1oc(C(=O)O)cc1S(=O)(=O)Nn1c(C)ccc1C. The van der Waals surface area contributed by atoms with Gasteiger partial charge in [-0.05, 0) is 32.9 Å². The van der Waals surface area contributed by atoms with Gasteiger partial charge in [0.1, 0.15) is 10.7 Å². The molecule has 8 heteroatoms. The molecule has 0 saturated heterocycles. The maximum absolute atomic E-state index is 12.3. The lowest BCUT2D eigenvalue weighted by Gasteiger charge is -2.12. The lowest BCUT2D eigenvalue weighted by atomic mass is 10.4. The fourth-order valence-corrected chi connectivity index (χ4v) is 3.13. The molecule has 0 bridgehead atoms. The highest BCUT2D eigenvalue weighted by Gasteiger charge is 2.24. The van der Waals surface area contributed by atoms with Crippen LogP contribution in [0.5, 0.6) is 0 Å². The van der Waals surface area contributed by atoms with E-state index in [-0.39, 0.29) is 10.7 Å². The van der Waals surface area contributed by atoms with E-state index in [0.717, 1.165) is 6.07 Å². The number of carboxylic acid groups (broad SMARTS) is 1. The number of nitrogens with zero attached hydrogens (tertiary/aromatic N) is 1. The third kappa shape index (κ3) is 2.42. The number of nitrogens with one attached hydrogen (secondary N) is 1. The van der Waals surface area contributed by atoms with Crippen molar-refractivity contribution >= 4 is 16.0 Å². The molecule has 0 atom stereocenters. The molecule has 0 aliphatic carbocycles. The molecule has 2 aromatic heterocycles. The zero-order valence-corrected chi connectivity index (χ0v) is 12.0. The van der Waals surface area contributed by atoms with Crippen LogP contribution in [0.4, 0.5) is 0 Å². The molecule has 2 aromatic rings. The Balaban J connectivity index is 2.43. The molecule has 0 amide bonds. The minimum Gasteiger partial charge on any atom is -0.475 e. The van der Waals surface area contributed by atoms with Crippen molar-refractivity contribution in [1.82, 2.24) is 4.68 Å². The Morgan fingerprint density at radius 1 is 1.25 bits per heavy atom. The quantitative estimate of drug-likeness (QED) is 0.893. The number of rotatable bonds is 4. The normalized spacial score (nSPS) is 11.6. The molecule has 0 aliphatic rings. The van der Waals surface area contributed by atoms with Crippen molar-refractivity contribution in [2.75, 3.05) is 4.83 Å². The highest BCUT2D eigenvalue weighted by Crippen LogP contribution is 2.21. The van der Waals surface area contributed by atoms with Gasteiger partial charge in [-0.3, -0.25) is 4.68 Å². The van der Waals surface area contributed by atoms with Crippen LogP contribution >= 0.6 is 0 Å². The Morgan fingerprint density at radius 2 is 1.80 bits per heavy atom. The lowest BCUT2D eigenvalue weighted by molar-refractivity contribution is 0.0661. The summed E-state index contributed by atoms with van der Waals surface area (Å²) in [4.78, 5) is 13.0. The van der Waals surface area contributed by atoms with Gasteiger partial charge >= 0.3 is 5.97 Å². The van der Waals surface area contributed by atoms with E-state index in [1.54, 1.807) is 26.0 Å². The van der Waals surface area contributed by atoms with Crippen LogP contribution in [-0.4, -0.2) is 24.2 Å². The molecule has 20 heavy (non-hydrogen) atoms. The summed E-state index contributed by atoms with van der Waals surface area (Å²) in [6.45, 7) is 4.90. The molecule has 0 unspecified atom stereocenters. The first-order valence-electron chi connectivity index (χ1n) is 5.74. The van der Waals surface area contributed by atoms with Crippen LogP contribution in [0.1, 0.15) is 27.7 Å². The van der Waals surface area contributed by atoms with Crippen molar-refractivity contribution in [2.45, 2.75) is 25.7 Å². The number of aromatic carboxylic acids is 1. The fraction of sp³-hybridized carbons (Fsp3) is 0.250. The minimum atomic E-state index is -3.92. The summed E-state index contributed by atoms with van der Waals surface area (Å²) in [5.41, 5.74) is 1.43. The Bertz CT molecular complexity index is 750. The van der Waals surface area contributed by atoms with Crippen molar-refractivity contribution in [2.24, 2.45) is 0 Å². The average Bonchev–Trinajstić information content (AvgIpc) is 2.87. The number of sulfonamides is 1. The summed E-state index contributed by atoms with van der Waals surface area (Å²) in [6.07, 6.45) is 0. The largest absolute Gasteiger partial charge is 0.475 e. The zero-order chi connectivity index (χ0) is 15.1. The molecule has 2 rings (SSSR count). The molecule has 0 saturated carbocycles. The number of hydrogen-bond donors (Lipinski definition) is 2. The first-order valence-corrected chi connectivity index (χ1v) is 7.22. The lowest BCUT2D eigenvalue weighted by Crippen LogP contribution is -2.25. The van der Waals surface area contributed by atoms with Gasteiger partial charge in [0.05, 0.1) is 0 Å². The van der Waals surface area contributed by atoms with E-state index in [0.29, 0.717) is 11.4 Å². The number of carboxylic acids is 1. The number of aromatic nitrogens is 1. The van der Waals surface area contributed by atoms with Crippen LogP contribution in [-0.2, 0) is 10.0 Å². The van der Waals surface area contributed by atoms with Crippen molar-refractivity contribution < 1.29 is 22.7 Å². The molecule has 2 heterocycles. The van der Waals surface area contributed by atoms with Crippen molar-refractivity contribution in [3.05, 3.63) is 41.1 Å². The molecular formula is C12H14N2O5S. The van der Waals surface area contributed by atoms with E-state index in [1.807, 2.05) is 0 Å². The second-order valence-corrected chi connectivity index (χ2v) is 6.01. The van der Waals surface area contributed by atoms with Gasteiger partial charge < -0.3 is 9.52 Å². The van der Waals surface area contributed by atoms with Crippen molar-refractivity contribution in [3.8, 4) is 0 Å². The molecule has 7 nitrogen and oxygen atoms in total. The predicted octanol–water partition coefficient (Wildman–Crippen LogP) is 1.64. The Kier molecular flexibility index (Phi) is 3.34. The Hall–Kier alpha value is -2.22. The monoisotopic (exact) mass is 298 g/mol. The van der Waals surface area contributed by atoms with E-state index >= 15 is 0 Å².